The number of halogens is 2. The second-order valence-corrected chi connectivity index (χ2v) is 6.20. The number of ether oxygens (including phenoxy) is 3. The van der Waals surface area contributed by atoms with Crippen molar-refractivity contribution >= 4 is 5.97 Å². The zero-order valence-corrected chi connectivity index (χ0v) is 15.7. The molecule has 0 fully saturated rings. The van der Waals surface area contributed by atoms with Crippen LogP contribution in [-0.4, -0.2) is 32.3 Å². The van der Waals surface area contributed by atoms with Crippen LogP contribution in [0.5, 0.6) is 11.5 Å². The van der Waals surface area contributed by atoms with E-state index >= 15 is 0 Å². The fourth-order valence-electron chi connectivity index (χ4n) is 2.83. The van der Waals surface area contributed by atoms with Gasteiger partial charge in [-0.1, -0.05) is 12.1 Å². The molecule has 0 saturated heterocycles. The Kier molecular flexibility index (Phi) is 6.74. The molecule has 0 amide bonds. The lowest BCUT2D eigenvalue weighted by molar-refractivity contribution is -0.149. The van der Waals surface area contributed by atoms with E-state index in [1.165, 1.54) is 45.4 Å². The highest BCUT2D eigenvalue weighted by Gasteiger charge is 2.27. The Morgan fingerprint density at radius 2 is 1.37 bits per heavy atom. The van der Waals surface area contributed by atoms with Crippen LogP contribution in [0.3, 0.4) is 0 Å². The molecule has 2 aromatic carbocycles. The molecule has 2 N–H and O–H groups in total. The average Bonchev–Trinajstić information content (AvgIpc) is 2.64. The summed E-state index contributed by atoms with van der Waals surface area (Å²) in [6.07, 6.45) is -0.658. The van der Waals surface area contributed by atoms with Crippen molar-refractivity contribution in [3.05, 3.63) is 59.2 Å². The smallest absolute Gasteiger partial charge is 0.322 e. The average molecular weight is 379 g/mol. The quantitative estimate of drug-likeness (QED) is 0.747. The molecule has 27 heavy (non-hydrogen) atoms. The van der Waals surface area contributed by atoms with Gasteiger partial charge in [-0.15, -0.1) is 0 Å². The van der Waals surface area contributed by atoms with Crippen LogP contribution in [0.25, 0.3) is 0 Å². The highest BCUT2D eigenvalue weighted by molar-refractivity contribution is 5.75. The lowest BCUT2D eigenvalue weighted by Gasteiger charge is -2.26. The molecule has 2 atom stereocenters. The molecule has 5 nitrogen and oxygen atoms in total. The molecule has 7 heteroatoms. The van der Waals surface area contributed by atoms with Crippen molar-refractivity contribution in [2.75, 3.05) is 14.2 Å². The highest BCUT2D eigenvalue weighted by Crippen LogP contribution is 2.35. The first-order chi connectivity index (χ1) is 12.8. The van der Waals surface area contributed by atoms with Gasteiger partial charge in [0, 0.05) is 5.92 Å². The topological polar surface area (TPSA) is 70.8 Å². The molecule has 0 heterocycles. The van der Waals surface area contributed by atoms with Gasteiger partial charge in [0.25, 0.3) is 0 Å². The van der Waals surface area contributed by atoms with Crippen molar-refractivity contribution in [3.8, 4) is 11.5 Å². The van der Waals surface area contributed by atoms with Gasteiger partial charge in [0.05, 0.1) is 14.2 Å². The molecule has 0 aliphatic carbocycles. The maximum absolute atomic E-state index is 13.8. The number of benzene rings is 2. The number of carbonyl (C=O) groups is 1. The van der Waals surface area contributed by atoms with E-state index in [1.807, 2.05) is 0 Å². The predicted molar refractivity (Wildman–Crippen MR) is 97.0 cm³/mol. The summed E-state index contributed by atoms with van der Waals surface area (Å²) in [6.45, 7) is 3.21. The van der Waals surface area contributed by atoms with Crippen LogP contribution in [-0.2, 0) is 9.53 Å². The predicted octanol–water partition coefficient (Wildman–Crippen LogP) is 3.39. The number of esters is 1. The molecular formula is C20H23F2NO4. The van der Waals surface area contributed by atoms with Crippen molar-refractivity contribution < 1.29 is 27.8 Å². The molecule has 0 bridgehead atoms. The lowest BCUT2D eigenvalue weighted by Crippen LogP contribution is -2.33. The third-order valence-corrected chi connectivity index (χ3v) is 4.21. The Balaban J connectivity index is 2.53. The first-order valence-corrected chi connectivity index (χ1v) is 8.41. The number of hydrogen-bond donors (Lipinski definition) is 1. The van der Waals surface area contributed by atoms with Crippen LogP contribution < -0.4 is 15.2 Å². The summed E-state index contributed by atoms with van der Waals surface area (Å²) in [4.78, 5) is 12.0. The van der Waals surface area contributed by atoms with Crippen molar-refractivity contribution in [1.82, 2.24) is 0 Å². The lowest BCUT2D eigenvalue weighted by atomic mass is 9.86. The fourth-order valence-corrected chi connectivity index (χ4v) is 2.83. The molecule has 0 radical (unpaired) electrons. The van der Waals surface area contributed by atoms with Crippen LogP contribution in [0.15, 0.2) is 36.4 Å². The van der Waals surface area contributed by atoms with Crippen molar-refractivity contribution in [1.29, 1.82) is 0 Å². The molecule has 0 unspecified atom stereocenters. The molecule has 0 aliphatic rings. The maximum atomic E-state index is 13.8. The summed E-state index contributed by atoms with van der Waals surface area (Å²) in [5.74, 6) is -2.02. The van der Waals surface area contributed by atoms with Crippen LogP contribution >= 0.6 is 0 Å². The molecular weight excluding hydrogens is 356 g/mol. The Morgan fingerprint density at radius 3 is 1.74 bits per heavy atom. The number of hydrogen-bond acceptors (Lipinski definition) is 5. The van der Waals surface area contributed by atoms with E-state index < -0.39 is 35.7 Å². The van der Waals surface area contributed by atoms with Gasteiger partial charge in [-0.3, -0.25) is 4.79 Å². The van der Waals surface area contributed by atoms with Crippen molar-refractivity contribution in [3.63, 3.8) is 0 Å². The minimum atomic E-state index is -0.793. The minimum Gasteiger partial charge on any atom is -0.494 e. The van der Waals surface area contributed by atoms with Gasteiger partial charge in [-0.05, 0) is 49.2 Å². The number of carbonyl (C=O) groups excluding carboxylic acids is 1. The Labute approximate surface area is 157 Å². The monoisotopic (exact) mass is 379 g/mol. The third-order valence-electron chi connectivity index (χ3n) is 4.21. The molecule has 0 saturated carbocycles. The van der Waals surface area contributed by atoms with Crippen LogP contribution in [0.1, 0.15) is 30.9 Å². The number of rotatable bonds is 7. The summed E-state index contributed by atoms with van der Waals surface area (Å²) in [6, 6.07) is 7.91. The van der Waals surface area contributed by atoms with Gasteiger partial charge in [0.2, 0.25) is 0 Å². The molecule has 2 aromatic rings. The van der Waals surface area contributed by atoms with Crippen LogP contribution in [0.4, 0.5) is 8.78 Å². The van der Waals surface area contributed by atoms with E-state index in [-0.39, 0.29) is 11.5 Å². The van der Waals surface area contributed by atoms with Gasteiger partial charge in [0.1, 0.15) is 12.1 Å². The van der Waals surface area contributed by atoms with E-state index in [4.69, 9.17) is 19.9 Å². The number of nitrogens with two attached hydrogens (primary N) is 1. The molecule has 0 spiro atoms. The van der Waals surface area contributed by atoms with Gasteiger partial charge >= 0.3 is 5.97 Å². The van der Waals surface area contributed by atoms with Gasteiger partial charge in [0.15, 0.2) is 23.1 Å². The molecule has 2 rings (SSSR count). The SMILES string of the molecule is COc1cc(C(c2ccc(F)c(OC)c2)[C@H](C)OC(=O)[C@H](C)N)ccc1F. The highest BCUT2D eigenvalue weighted by atomic mass is 19.1. The standard InChI is InChI=1S/C20H23F2NO4/c1-11(23)20(24)27-12(2)19(13-5-7-15(21)17(9-13)25-3)14-6-8-16(22)18(10-14)26-4/h5-12,19H,23H2,1-4H3/t11-,12-/m0/s1. The first kappa shape index (κ1) is 20.6. The number of methoxy groups -OCH3 is 2. The summed E-state index contributed by atoms with van der Waals surface area (Å²) in [7, 11) is 2.72. The second kappa shape index (κ2) is 8.81. The third kappa shape index (κ3) is 4.74. The second-order valence-electron chi connectivity index (χ2n) is 6.20. The largest absolute Gasteiger partial charge is 0.494 e. The maximum Gasteiger partial charge on any atom is 0.322 e. The fraction of sp³-hybridized carbons (Fsp3) is 0.350. The van der Waals surface area contributed by atoms with Gasteiger partial charge < -0.3 is 19.9 Å². The van der Waals surface area contributed by atoms with E-state index in [2.05, 4.69) is 0 Å². The van der Waals surface area contributed by atoms with Gasteiger partial charge in [-0.25, -0.2) is 8.78 Å². The normalized spacial score (nSPS) is 13.2. The zero-order chi connectivity index (χ0) is 20.1. The van der Waals surface area contributed by atoms with E-state index in [9.17, 15) is 13.6 Å². The summed E-state index contributed by atoms with van der Waals surface area (Å²) in [5, 5.41) is 0. The minimum absolute atomic E-state index is 0.0531. The molecule has 0 aromatic heterocycles. The zero-order valence-electron chi connectivity index (χ0n) is 15.7. The summed E-state index contributed by atoms with van der Waals surface area (Å²) in [5.41, 5.74) is 6.84. The van der Waals surface area contributed by atoms with E-state index in [0.29, 0.717) is 11.1 Å². The Bertz CT molecular complexity index is 757. The Morgan fingerprint density at radius 1 is 0.926 bits per heavy atom. The van der Waals surface area contributed by atoms with Gasteiger partial charge in [-0.2, -0.15) is 0 Å². The van der Waals surface area contributed by atoms with E-state index in [1.54, 1.807) is 19.1 Å². The van der Waals surface area contributed by atoms with Crippen molar-refractivity contribution in [2.24, 2.45) is 5.73 Å². The Hall–Kier alpha value is -2.67. The molecule has 146 valence electrons. The van der Waals surface area contributed by atoms with E-state index in [0.717, 1.165) is 0 Å². The van der Waals surface area contributed by atoms with Crippen LogP contribution in [0, 0.1) is 11.6 Å². The first-order valence-electron chi connectivity index (χ1n) is 8.41. The van der Waals surface area contributed by atoms with Crippen LogP contribution in [0.2, 0.25) is 0 Å². The van der Waals surface area contributed by atoms with Crippen molar-refractivity contribution in [2.45, 2.75) is 31.9 Å². The molecule has 0 aliphatic heterocycles. The summed E-state index contributed by atoms with van der Waals surface area (Å²) < 4.78 is 43.2. The summed E-state index contributed by atoms with van der Waals surface area (Å²) >= 11 is 0.